The van der Waals surface area contributed by atoms with E-state index in [1.807, 2.05) is 12.3 Å². The maximum absolute atomic E-state index is 7.09. The van der Waals surface area contributed by atoms with Crippen LogP contribution in [0.4, 0.5) is 22.7 Å². The third-order valence-electron chi connectivity index (χ3n) is 16.8. The quantitative estimate of drug-likeness (QED) is 0.155. The molecule has 5 heterocycles. The monoisotopic (exact) mass is 1240 g/mol. The van der Waals surface area contributed by atoms with Gasteiger partial charge < -0.3 is 18.9 Å². The van der Waals surface area contributed by atoms with Gasteiger partial charge in [0.05, 0.1) is 0 Å². The maximum atomic E-state index is 7.09. The van der Waals surface area contributed by atoms with Crippen LogP contribution < -0.4 is 14.5 Å². The Balaban J connectivity index is 0.00000588. The minimum Gasteiger partial charge on any atom is -0.509 e. The zero-order chi connectivity index (χ0) is 54.6. The Bertz CT molecular complexity index is 4950. The molecule has 83 heavy (non-hydrogen) atoms. The topological polar surface area (TPSA) is 33.0 Å². The van der Waals surface area contributed by atoms with Gasteiger partial charge in [-0.3, -0.25) is 0 Å². The molecule has 5 nitrogen and oxygen atoms in total. The Morgan fingerprint density at radius 2 is 1.10 bits per heavy atom. The maximum Gasteiger partial charge on any atom is 0.143 e. The second-order valence-corrected chi connectivity index (χ2v) is 22.7. The predicted octanol–water partition coefficient (Wildman–Crippen LogP) is 20.6. The smallest absolute Gasteiger partial charge is 0.143 e. The fourth-order valence-electron chi connectivity index (χ4n) is 12.9. The number of hydrogen-bond donors (Lipinski definition) is 0. The standard InChI is InChI=1S/C77H53N4O.Pt/c1-77(2,3)53-38-36-49(37-39-53)52-44-69-63-29-16-12-25-59(63)58-24-11-14-27-61(58)66-32-18-33-68-65-43-41-55(46-72(65)81(74(66)68)76(69)78-47-52)82-54-40-42-64-60-26-13-15-28-62(60)67-34-19-35-70-75(67)80(71(64)45-54)48-79(70)73-56(50-20-7-4-5-8-21-50)30-17-31-57(73)51-22-9-6-10-23-51;/h4,6-44,47-48H,5H2,1-3H3;/q-3;. The van der Waals surface area contributed by atoms with Crippen molar-refractivity contribution in [3.63, 3.8) is 0 Å². The largest absolute Gasteiger partial charge is 0.509 e. The van der Waals surface area contributed by atoms with Crippen LogP contribution in [0, 0.1) is 18.8 Å². The number of benzene rings is 10. The van der Waals surface area contributed by atoms with Crippen LogP contribution in [0.3, 0.4) is 0 Å². The van der Waals surface area contributed by atoms with Crippen molar-refractivity contribution in [3.8, 4) is 56.0 Å². The van der Waals surface area contributed by atoms with E-state index in [2.05, 4.69) is 290 Å². The van der Waals surface area contributed by atoms with Crippen LogP contribution in [-0.4, -0.2) is 9.38 Å². The molecular weight excluding hydrogens is 1190 g/mol. The van der Waals surface area contributed by atoms with Gasteiger partial charge in [0.25, 0.3) is 0 Å². The summed E-state index contributed by atoms with van der Waals surface area (Å²) in [5, 5.41) is 8.93. The van der Waals surface area contributed by atoms with E-state index in [4.69, 9.17) is 9.72 Å². The van der Waals surface area contributed by atoms with E-state index in [9.17, 15) is 0 Å². The minimum absolute atomic E-state index is 0. The summed E-state index contributed by atoms with van der Waals surface area (Å²) < 4.78 is 9.42. The van der Waals surface area contributed by atoms with Crippen LogP contribution in [-0.2, 0) is 26.5 Å². The van der Waals surface area contributed by atoms with Gasteiger partial charge in [0.1, 0.15) is 5.65 Å². The molecule has 6 heteroatoms. The summed E-state index contributed by atoms with van der Waals surface area (Å²) in [7, 11) is 0. The number of pyridine rings is 1. The van der Waals surface area contributed by atoms with Gasteiger partial charge in [0.15, 0.2) is 0 Å². The molecule has 16 rings (SSSR count). The van der Waals surface area contributed by atoms with E-state index in [0.717, 1.165) is 139 Å². The van der Waals surface area contributed by atoms with Gasteiger partial charge in [-0.05, 0) is 78.7 Å². The second-order valence-electron chi connectivity index (χ2n) is 22.7. The van der Waals surface area contributed by atoms with Gasteiger partial charge in [-0.15, -0.1) is 41.9 Å². The van der Waals surface area contributed by atoms with Crippen LogP contribution in [0.1, 0.15) is 38.3 Å². The number of hydrogen-bond acceptors (Lipinski definition) is 4. The number of aromatic nitrogens is 2. The van der Waals surface area contributed by atoms with Crippen molar-refractivity contribution < 1.29 is 25.8 Å². The first-order chi connectivity index (χ1) is 40.3. The fourth-order valence-corrected chi connectivity index (χ4v) is 12.9. The van der Waals surface area contributed by atoms with Gasteiger partial charge in [0, 0.05) is 94.4 Å². The molecule has 2 aliphatic heterocycles. The summed E-state index contributed by atoms with van der Waals surface area (Å²) in [4.78, 5) is 10.2. The average molecular weight is 1250 g/mol. The summed E-state index contributed by atoms with van der Waals surface area (Å²) in [6.45, 7) is 9.03. The Morgan fingerprint density at radius 3 is 1.87 bits per heavy atom. The first kappa shape index (κ1) is 50.4. The molecule has 3 aromatic heterocycles. The van der Waals surface area contributed by atoms with Crippen molar-refractivity contribution in [2.75, 3.05) is 9.80 Å². The van der Waals surface area contributed by atoms with E-state index in [0.29, 0.717) is 11.5 Å². The van der Waals surface area contributed by atoms with Gasteiger partial charge in [-0.1, -0.05) is 244 Å². The number of nitrogens with zero attached hydrogens (tertiary/aromatic N) is 4. The first-order valence-corrected chi connectivity index (χ1v) is 28.2. The number of rotatable bonds is 6. The average Bonchev–Trinajstić information content (AvgIpc) is 2.07. The molecule has 0 fully saturated rings. The number of fused-ring (bicyclic) bond motifs is 15. The number of para-hydroxylation sites is 3. The third-order valence-corrected chi connectivity index (χ3v) is 16.8. The van der Waals surface area contributed by atoms with Crippen LogP contribution >= 0.6 is 0 Å². The van der Waals surface area contributed by atoms with Crippen molar-refractivity contribution in [3.05, 3.63) is 279 Å². The number of anilines is 4. The molecule has 0 amide bonds. The van der Waals surface area contributed by atoms with Crippen LogP contribution in [0.5, 0.6) is 11.5 Å². The van der Waals surface area contributed by atoms with E-state index >= 15 is 0 Å². The van der Waals surface area contributed by atoms with Gasteiger partial charge in [0.2, 0.25) is 0 Å². The molecule has 0 radical (unpaired) electrons. The van der Waals surface area contributed by atoms with Crippen molar-refractivity contribution in [1.29, 1.82) is 0 Å². The zero-order valence-electron chi connectivity index (χ0n) is 46.0. The molecule has 0 N–H and O–H groups in total. The summed E-state index contributed by atoms with van der Waals surface area (Å²) in [5.74, 6) is 1.15. The molecule has 3 aliphatic rings. The molecule has 0 spiro atoms. The number of allylic oxidation sites excluding steroid dienone is 6. The summed E-state index contributed by atoms with van der Waals surface area (Å²) >= 11 is 0. The summed E-state index contributed by atoms with van der Waals surface area (Å²) in [6.07, 6.45) is 14.0. The SMILES string of the molecule is CC(C)(C)c1ccc(-c2cnc3c(c2)c2ccccc2c2ccccc2c2cccc4c5ccc(Oc6[c-]c7c(cc6)-c6ccccc6-c6cccc8c6N7[CH-]N8c6c(C7=CC=CCC=C7)cccc6-c6ccccc6)[c-]c5n3c24)cc1.[Pt]. The predicted molar refractivity (Wildman–Crippen MR) is 342 cm³/mol. The van der Waals surface area contributed by atoms with Crippen molar-refractivity contribution in [2.24, 2.45) is 0 Å². The molecule has 0 saturated carbocycles. The fraction of sp³-hybridized carbons (Fsp3) is 0.0649. The van der Waals surface area contributed by atoms with Crippen molar-refractivity contribution in [2.45, 2.75) is 32.6 Å². The zero-order valence-corrected chi connectivity index (χ0v) is 48.2. The van der Waals surface area contributed by atoms with E-state index in [-0.39, 0.29) is 26.5 Å². The molecule has 0 unspecified atom stereocenters. The normalized spacial score (nSPS) is 13.5. The summed E-state index contributed by atoms with van der Waals surface area (Å²) in [6, 6.07) is 84.6. The first-order valence-electron chi connectivity index (χ1n) is 28.2. The van der Waals surface area contributed by atoms with Crippen LogP contribution in [0.2, 0.25) is 0 Å². The molecule has 0 atom stereocenters. The van der Waals surface area contributed by atoms with Gasteiger partial charge in [-0.2, -0.15) is 12.1 Å². The van der Waals surface area contributed by atoms with Crippen molar-refractivity contribution >= 4 is 88.1 Å². The van der Waals surface area contributed by atoms with E-state index in [1.165, 1.54) is 10.9 Å². The molecule has 0 bridgehead atoms. The van der Waals surface area contributed by atoms with Crippen molar-refractivity contribution in [1.82, 2.24) is 9.38 Å². The molecule has 1 aliphatic carbocycles. The van der Waals surface area contributed by atoms with Gasteiger partial charge in [-0.25, -0.2) is 4.98 Å². The van der Waals surface area contributed by atoms with Gasteiger partial charge >= 0.3 is 0 Å². The van der Waals surface area contributed by atoms with E-state index in [1.54, 1.807) is 0 Å². The van der Waals surface area contributed by atoms with E-state index < -0.39 is 0 Å². The molecule has 0 saturated heterocycles. The Morgan fingerprint density at radius 1 is 0.482 bits per heavy atom. The Labute approximate surface area is 497 Å². The Hall–Kier alpha value is -9.54. The Kier molecular flexibility index (Phi) is 12.1. The van der Waals surface area contributed by atoms with Crippen LogP contribution in [0.25, 0.3) is 110 Å². The second kappa shape index (κ2) is 19.9. The minimum atomic E-state index is 0. The number of ether oxygens (including phenoxy) is 1. The molecular formula is C77H53N4OPt-3. The third kappa shape index (κ3) is 8.20. The van der Waals surface area contributed by atoms with Crippen LogP contribution in [0.15, 0.2) is 249 Å². The molecule has 400 valence electrons. The summed E-state index contributed by atoms with van der Waals surface area (Å²) in [5.41, 5.74) is 19.6. The molecule has 13 aromatic rings. The molecule has 10 aromatic carbocycles.